The average Bonchev–Trinajstić information content (AvgIpc) is 2.30. The van der Waals surface area contributed by atoms with Crippen LogP contribution >= 0.6 is 0 Å². The summed E-state index contributed by atoms with van der Waals surface area (Å²) in [5.41, 5.74) is 0.717. The molecule has 1 rings (SSSR count). The molecule has 0 bridgehead atoms. The molecule has 1 aromatic rings. The quantitative estimate of drug-likeness (QED) is 0.451. The van der Waals surface area contributed by atoms with Crippen LogP contribution in [0.5, 0.6) is 0 Å². The van der Waals surface area contributed by atoms with Crippen molar-refractivity contribution in [1.82, 2.24) is 0 Å². The van der Waals surface area contributed by atoms with Crippen LogP contribution in [0, 0.1) is 12.7 Å². The fraction of sp³-hybridized carbons (Fsp3) is 0.462. The number of alkyl halides is 3. The molecule has 0 saturated heterocycles. The highest BCUT2D eigenvalue weighted by molar-refractivity contribution is 5.96. The number of benzene rings is 1. The third kappa shape index (κ3) is 5.83. The highest BCUT2D eigenvalue weighted by Gasteiger charge is 2.27. The van der Waals surface area contributed by atoms with E-state index in [1.807, 2.05) is 0 Å². The highest BCUT2D eigenvalue weighted by Crippen LogP contribution is 2.15. The first-order valence-corrected chi connectivity index (χ1v) is 5.73. The molecule has 0 aliphatic carbocycles. The highest BCUT2D eigenvalue weighted by atomic mass is 19.4. The van der Waals surface area contributed by atoms with Crippen molar-refractivity contribution in [1.29, 1.82) is 0 Å². The lowest BCUT2D eigenvalue weighted by Crippen LogP contribution is -2.17. The third-order valence-corrected chi connectivity index (χ3v) is 2.44. The minimum absolute atomic E-state index is 0.0724. The molecule has 0 aliphatic heterocycles. The number of rotatable bonds is 6. The minimum atomic E-state index is -4.35. The summed E-state index contributed by atoms with van der Waals surface area (Å²) in [4.78, 5) is 11.7. The number of Topliss-reactive ketones (excluding diaryl/α,β-unsaturated/α-hetero) is 1. The monoisotopic (exact) mass is 278 g/mol. The Morgan fingerprint density at radius 3 is 2.58 bits per heavy atom. The Balaban J connectivity index is 2.33. The van der Waals surface area contributed by atoms with Crippen molar-refractivity contribution in [3.8, 4) is 0 Å². The lowest BCUT2D eigenvalue weighted by molar-refractivity contribution is -0.173. The number of ketones is 1. The molecular weight excluding hydrogens is 264 g/mol. The van der Waals surface area contributed by atoms with E-state index in [1.165, 1.54) is 18.2 Å². The van der Waals surface area contributed by atoms with Gasteiger partial charge in [-0.05, 0) is 37.1 Å². The molecule has 0 heterocycles. The van der Waals surface area contributed by atoms with Crippen LogP contribution in [-0.2, 0) is 4.74 Å². The van der Waals surface area contributed by atoms with Gasteiger partial charge in [-0.2, -0.15) is 13.2 Å². The molecule has 0 radical (unpaired) electrons. The summed E-state index contributed by atoms with van der Waals surface area (Å²) >= 11 is 0. The molecule has 0 fully saturated rings. The number of hydrogen-bond donors (Lipinski definition) is 0. The van der Waals surface area contributed by atoms with E-state index < -0.39 is 18.6 Å². The maximum absolute atomic E-state index is 13.0. The number of carbonyl (C=O) groups is 1. The van der Waals surface area contributed by atoms with Crippen molar-refractivity contribution >= 4 is 5.78 Å². The first-order valence-electron chi connectivity index (χ1n) is 5.73. The molecule has 6 heteroatoms. The Morgan fingerprint density at radius 2 is 2.00 bits per heavy atom. The molecule has 0 atom stereocenters. The van der Waals surface area contributed by atoms with E-state index in [4.69, 9.17) is 0 Å². The van der Waals surface area contributed by atoms with Crippen molar-refractivity contribution in [2.24, 2.45) is 0 Å². The van der Waals surface area contributed by atoms with Crippen LogP contribution < -0.4 is 0 Å². The maximum atomic E-state index is 13.0. The van der Waals surface area contributed by atoms with Crippen molar-refractivity contribution in [2.75, 3.05) is 13.2 Å². The summed E-state index contributed by atoms with van der Waals surface area (Å²) in [6.07, 6.45) is -4.08. The summed E-state index contributed by atoms with van der Waals surface area (Å²) in [5.74, 6) is -0.635. The fourth-order valence-electron chi connectivity index (χ4n) is 1.49. The third-order valence-electron chi connectivity index (χ3n) is 2.44. The van der Waals surface area contributed by atoms with Crippen LogP contribution in [0.25, 0.3) is 0 Å². The van der Waals surface area contributed by atoms with Gasteiger partial charge < -0.3 is 4.74 Å². The molecule has 0 spiro atoms. The van der Waals surface area contributed by atoms with Crippen LogP contribution in [0.4, 0.5) is 17.6 Å². The normalized spacial score (nSPS) is 11.6. The second-order valence-electron chi connectivity index (χ2n) is 4.16. The molecule has 0 amide bonds. The van der Waals surface area contributed by atoms with Crippen LogP contribution in [0.15, 0.2) is 18.2 Å². The van der Waals surface area contributed by atoms with Gasteiger partial charge in [0.1, 0.15) is 12.4 Å². The first kappa shape index (κ1) is 15.6. The van der Waals surface area contributed by atoms with Gasteiger partial charge in [-0.15, -0.1) is 0 Å². The smallest absolute Gasteiger partial charge is 0.372 e. The predicted octanol–water partition coefficient (Wildman–Crippen LogP) is 3.68. The molecule has 106 valence electrons. The van der Waals surface area contributed by atoms with Gasteiger partial charge in [-0.1, -0.05) is 0 Å². The van der Waals surface area contributed by atoms with Crippen LogP contribution in [-0.4, -0.2) is 25.2 Å². The molecule has 1 aromatic carbocycles. The minimum Gasteiger partial charge on any atom is -0.372 e. The SMILES string of the molecule is Cc1cc(C(=O)CCCOCC(F)(F)F)ccc1F. The molecule has 2 nitrogen and oxygen atoms in total. The standard InChI is InChI=1S/C13H14F4O2/c1-9-7-10(4-5-11(9)14)12(18)3-2-6-19-8-13(15,16)17/h4-5,7H,2-3,6,8H2,1H3. The summed E-state index contributed by atoms with van der Waals surface area (Å²) in [5, 5.41) is 0. The largest absolute Gasteiger partial charge is 0.411 e. The summed E-state index contributed by atoms with van der Waals surface area (Å²) < 4.78 is 52.7. The zero-order chi connectivity index (χ0) is 14.5. The van der Waals surface area contributed by atoms with Gasteiger partial charge >= 0.3 is 6.18 Å². The Hall–Kier alpha value is -1.43. The van der Waals surface area contributed by atoms with E-state index in [-0.39, 0.29) is 25.2 Å². The van der Waals surface area contributed by atoms with E-state index in [0.717, 1.165) is 0 Å². The Morgan fingerprint density at radius 1 is 1.32 bits per heavy atom. The van der Waals surface area contributed by atoms with Crippen LogP contribution in [0.1, 0.15) is 28.8 Å². The van der Waals surface area contributed by atoms with Gasteiger partial charge in [0.05, 0.1) is 0 Å². The molecule has 0 N–H and O–H groups in total. The Bertz CT molecular complexity index is 441. The van der Waals surface area contributed by atoms with Crippen LogP contribution in [0.3, 0.4) is 0 Å². The van der Waals surface area contributed by atoms with Gasteiger partial charge in [0.25, 0.3) is 0 Å². The molecule has 0 aromatic heterocycles. The number of halogens is 4. The van der Waals surface area contributed by atoms with Crippen molar-refractivity contribution in [2.45, 2.75) is 25.9 Å². The van der Waals surface area contributed by atoms with E-state index in [0.29, 0.717) is 11.1 Å². The van der Waals surface area contributed by atoms with Gasteiger partial charge in [-0.25, -0.2) is 4.39 Å². The van der Waals surface area contributed by atoms with E-state index in [9.17, 15) is 22.4 Å². The van der Waals surface area contributed by atoms with Crippen molar-refractivity contribution in [3.63, 3.8) is 0 Å². The zero-order valence-electron chi connectivity index (χ0n) is 10.4. The summed E-state index contributed by atoms with van der Waals surface area (Å²) in [6, 6.07) is 3.98. The molecule has 0 aliphatic rings. The van der Waals surface area contributed by atoms with Gasteiger partial charge in [0, 0.05) is 18.6 Å². The Kier molecular flexibility index (Phi) is 5.47. The number of aryl methyl sites for hydroxylation is 1. The average molecular weight is 278 g/mol. The number of carbonyl (C=O) groups excluding carboxylic acids is 1. The van der Waals surface area contributed by atoms with Gasteiger partial charge in [0.15, 0.2) is 5.78 Å². The topological polar surface area (TPSA) is 26.3 Å². The Labute approximate surface area is 108 Å². The van der Waals surface area contributed by atoms with E-state index in [2.05, 4.69) is 4.74 Å². The lowest BCUT2D eigenvalue weighted by atomic mass is 10.0. The van der Waals surface area contributed by atoms with E-state index >= 15 is 0 Å². The molecule has 19 heavy (non-hydrogen) atoms. The van der Waals surface area contributed by atoms with Crippen LogP contribution in [0.2, 0.25) is 0 Å². The number of hydrogen-bond acceptors (Lipinski definition) is 2. The van der Waals surface area contributed by atoms with Gasteiger partial charge in [-0.3, -0.25) is 4.79 Å². The predicted molar refractivity (Wildman–Crippen MR) is 61.6 cm³/mol. The number of ether oxygens (including phenoxy) is 1. The first-order chi connectivity index (χ1) is 8.79. The van der Waals surface area contributed by atoms with Gasteiger partial charge in [0.2, 0.25) is 0 Å². The molecule has 0 saturated carbocycles. The van der Waals surface area contributed by atoms with E-state index in [1.54, 1.807) is 6.92 Å². The summed E-state index contributed by atoms with van der Waals surface area (Å²) in [6.45, 7) is 0.0980. The zero-order valence-corrected chi connectivity index (χ0v) is 10.4. The lowest BCUT2D eigenvalue weighted by Gasteiger charge is -2.07. The summed E-state index contributed by atoms with van der Waals surface area (Å²) in [7, 11) is 0. The fourth-order valence-corrected chi connectivity index (χ4v) is 1.49. The second-order valence-corrected chi connectivity index (χ2v) is 4.16. The second kappa shape index (κ2) is 6.65. The maximum Gasteiger partial charge on any atom is 0.411 e. The molecule has 0 unspecified atom stereocenters. The van der Waals surface area contributed by atoms with Crippen molar-refractivity contribution in [3.05, 3.63) is 35.1 Å². The van der Waals surface area contributed by atoms with Crippen molar-refractivity contribution < 1.29 is 27.1 Å². The molecular formula is C13H14F4O2.